The van der Waals surface area contributed by atoms with Crippen LogP contribution >= 0.6 is 0 Å². The number of nitrogens with two attached hydrogens (primary N) is 1. The fourth-order valence-corrected chi connectivity index (χ4v) is 3.91. The molecule has 8 nitrogen and oxygen atoms in total. The summed E-state index contributed by atoms with van der Waals surface area (Å²) in [5, 5.41) is 9.56. The molecule has 3 aromatic rings. The molecular formula is C30H30N2O6. The standard InChI is InChI=1S/C17H19NO3.C13H11NO3/c19-17(18-10-4-1-5-11-18)7-3-2-6-14-8-9-15-16(12-14)21-13-20-15;14-9-6-7-11(12(15)8-9)13(16)17-10-4-2-1-3-5-10/h2-3,6-9,12H,1,4-5,10-11,13H2;1-8,15H,14H2. The summed E-state index contributed by atoms with van der Waals surface area (Å²) < 4.78 is 15.7. The molecule has 0 atom stereocenters. The van der Waals surface area contributed by atoms with E-state index in [0.717, 1.165) is 43.0 Å². The molecule has 38 heavy (non-hydrogen) atoms. The lowest BCUT2D eigenvalue weighted by atomic mass is 10.1. The highest BCUT2D eigenvalue weighted by Crippen LogP contribution is 2.32. The van der Waals surface area contributed by atoms with Crippen LogP contribution < -0.4 is 19.9 Å². The van der Waals surface area contributed by atoms with Gasteiger partial charge in [-0.1, -0.05) is 42.5 Å². The number of phenolic OH excluding ortho intramolecular Hbond substituents is 1. The minimum absolute atomic E-state index is 0.0862. The average molecular weight is 515 g/mol. The van der Waals surface area contributed by atoms with Gasteiger partial charge in [-0.25, -0.2) is 4.79 Å². The number of rotatable bonds is 5. The molecular weight excluding hydrogens is 484 g/mol. The number of piperidine rings is 1. The molecule has 0 aliphatic carbocycles. The predicted octanol–water partition coefficient (Wildman–Crippen LogP) is 5.19. The first-order chi connectivity index (χ1) is 18.5. The third kappa shape index (κ3) is 7.39. The van der Waals surface area contributed by atoms with Gasteiger partial charge in [0.2, 0.25) is 12.7 Å². The SMILES string of the molecule is Nc1ccc(C(=O)Oc2ccccc2)c(O)c1.O=C(C=CC=Cc1ccc2c(c1)OCO2)N1CCCCC1. The molecule has 0 bridgehead atoms. The molecule has 1 fully saturated rings. The number of esters is 1. The lowest BCUT2D eigenvalue weighted by Gasteiger charge is -2.25. The van der Waals surface area contributed by atoms with Crippen molar-refractivity contribution < 1.29 is 28.9 Å². The number of anilines is 1. The maximum atomic E-state index is 11.9. The Labute approximate surface area is 221 Å². The molecule has 0 saturated carbocycles. The highest BCUT2D eigenvalue weighted by atomic mass is 16.7. The Kier molecular flexibility index (Phi) is 9.02. The molecule has 0 radical (unpaired) electrons. The van der Waals surface area contributed by atoms with Crippen molar-refractivity contribution in [1.29, 1.82) is 0 Å². The van der Waals surface area contributed by atoms with Crippen LogP contribution in [0.4, 0.5) is 5.69 Å². The van der Waals surface area contributed by atoms with Gasteiger partial charge in [-0.2, -0.15) is 0 Å². The zero-order chi connectivity index (χ0) is 26.7. The number of carbonyl (C=O) groups excluding carboxylic acids is 2. The van der Waals surface area contributed by atoms with Crippen molar-refractivity contribution in [1.82, 2.24) is 4.90 Å². The van der Waals surface area contributed by atoms with E-state index in [2.05, 4.69) is 0 Å². The van der Waals surface area contributed by atoms with Gasteiger partial charge in [0.1, 0.15) is 17.1 Å². The molecule has 0 aromatic heterocycles. The number of para-hydroxylation sites is 1. The van der Waals surface area contributed by atoms with E-state index in [1.807, 2.05) is 41.3 Å². The van der Waals surface area contributed by atoms with Gasteiger partial charge >= 0.3 is 5.97 Å². The second-order valence-corrected chi connectivity index (χ2v) is 8.70. The summed E-state index contributed by atoms with van der Waals surface area (Å²) in [6, 6.07) is 18.7. The van der Waals surface area contributed by atoms with Gasteiger partial charge in [-0.15, -0.1) is 0 Å². The highest BCUT2D eigenvalue weighted by Gasteiger charge is 2.15. The smallest absolute Gasteiger partial charge is 0.347 e. The van der Waals surface area contributed by atoms with Gasteiger partial charge in [0.25, 0.3) is 0 Å². The van der Waals surface area contributed by atoms with Crippen molar-refractivity contribution >= 4 is 23.6 Å². The van der Waals surface area contributed by atoms with Crippen LogP contribution in [0.15, 0.2) is 85.0 Å². The van der Waals surface area contributed by atoms with Crippen molar-refractivity contribution in [2.75, 3.05) is 25.6 Å². The van der Waals surface area contributed by atoms with E-state index >= 15 is 0 Å². The second-order valence-electron chi connectivity index (χ2n) is 8.70. The Morgan fingerprint density at radius 2 is 1.66 bits per heavy atom. The van der Waals surface area contributed by atoms with Gasteiger partial charge in [0, 0.05) is 30.9 Å². The largest absolute Gasteiger partial charge is 0.507 e. The lowest BCUT2D eigenvalue weighted by molar-refractivity contribution is -0.126. The van der Waals surface area contributed by atoms with Crippen LogP contribution in [0.5, 0.6) is 23.0 Å². The van der Waals surface area contributed by atoms with E-state index in [-0.39, 0.29) is 24.0 Å². The molecule has 0 spiro atoms. The molecule has 3 aromatic carbocycles. The van der Waals surface area contributed by atoms with E-state index in [0.29, 0.717) is 11.4 Å². The fourth-order valence-electron chi connectivity index (χ4n) is 3.91. The number of nitrogen functional groups attached to an aromatic ring is 1. The maximum Gasteiger partial charge on any atom is 0.347 e. The number of likely N-dealkylation sites (tertiary alicyclic amines) is 1. The molecule has 2 aliphatic heterocycles. The molecule has 3 N–H and O–H groups in total. The summed E-state index contributed by atoms with van der Waals surface area (Å²) in [5.74, 6) is 1.27. The number of benzene rings is 3. The molecule has 1 saturated heterocycles. The van der Waals surface area contributed by atoms with Gasteiger partial charge < -0.3 is 30.0 Å². The fraction of sp³-hybridized carbons (Fsp3) is 0.200. The summed E-state index contributed by atoms with van der Waals surface area (Å²) in [5.41, 5.74) is 6.96. The number of nitrogens with zero attached hydrogens (tertiary/aromatic N) is 1. The monoisotopic (exact) mass is 514 g/mol. The first kappa shape index (κ1) is 26.3. The number of carbonyl (C=O) groups is 2. The van der Waals surface area contributed by atoms with Crippen molar-refractivity contribution in [3.63, 3.8) is 0 Å². The number of allylic oxidation sites excluding steroid dienone is 2. The summed E-state index contributed by atoms with van der Waals surface area (Å²) in [7, 11) is 0. The first-order valence-corrected chi connectivity index (χ1v) is 12.4. The van der Waals surface area contributed by atoms with Crippen LogP contribution in [0, 0.1) is 0 Å². The number of ether oxygens (including phenoxy) is 3. The van der Waals surface area contributed by atoms with Crippen molar-refractivity contribution in [3.8, 4) is 23.0 Å². The Hall–Kier alpha value is -4.72. The van der Waals surface area contributed by atoms with Crippen LogP contribution in [-0.2, 0) is 4.79 Å². The molecule has 0 unspecified atom stereocenters. The maximum absolute atomic E-state index is 11.9. The van der Waals surface area contributed by atoms with E-state index < -0.39 is 5.97 Å². The van der Waals surface area contributed by atoms with E-state index in [1.165, 1.54) is 24.6 Å². The van der Waals surface area contributed by atoms with Crippen LogP contribution in [0.25, 0.3) is 6.08 Å². The van der Waals surface area contributed by atoms with E-state index in [9.17, 15) is 14.7 Å². The Balaban J connectivity index is 0.000000181. The topological polar surface area (TPSA) is 111 Å². The number of phenols is 1. The third-order valence-corrected chi connectivity index (χ3v) is 5.90. The predicted molar refractivity (Wildman–Crippen MR) is 145 cm³/mol. The number of aromatic hydroxyl groups is 1. The minimum Gasteiger partial charge on any atom is -0.507 e. The highest BCUT2D eigenvalue weighted by molar-refractivity contribution is 5.94. The van der Waals surface area contributed by atoms with Crippen LogP contribution in [0.3, 0.4) is 0 Å². The van der Waals surface area contributed by atoms with E-state index in [4.69, 9.17) is 19.9 Å². The summed E-state index contributed by atoms with van der Waals surface area (Å²) in [4.78, 5) is 25.6. The number of hydrogen-bond donors (Lipinski definition) is 2. The number of fused-ring (bicyclic) bond motifs is 1. The van der Waals surface area contributed by atoms with E-state index in [1.54, 1.807) is 36.4 Å². The van der Waals surface area contributed by atoms with Crippen LogP contribution in [-0.4, -0.2) is 41.8 Å². The van der Waals surface area contributed by atoms with Crippen LogP contribution in [0.2, 0.25) is 0 Å². The second kappa shape index (κ2) is 13.0. The first-order valence-electron chi connectivity index (χ1n) is 12.4. The molecule has 2 heterocycles. The quantitative estimate of drug-likeness (QED) is 0.158. The third-order valence-electron chi connectivity index (χ3n) is 5.90. The molecule has 1 amide bonds. The zero-order valence-corrected chi connectivity index (χ0v) is 20.9. The zero-order valence-electron chi connectivity index (χ0n) is 20.9. The van der Waals surface area contributed by atoms with Gasteiger partial charge in [-0.05, 0) is 61.2 Å². The minimum atomic E-state index is -0.617. The molecule has 2 aliphatic rings. The van der Waals surface area contributed by atoms with Crippen molar-refractivity contribution in [2.24, 2.45) is 0 Å². The van der Waals surface area contributed by atoms with Crippen LogP contribution in [0.1, 0.15) is 35.2 Å². The van der Waals surface area contributed by atoms with Crippen molar-refractivity contribution in [2.45, 2.75) is 19.3 Å². The summed E-state index contributed by atoms with van der Waals surface area (Å²) in [6.45, 7) is 2.05. The Bertz CT molecular complexity index is 1310. The molecule has 196 valence electrons. The Morgan fingerprint density at radius 3 is 2.42 bits per heavy atom. The normalized spacial score (nSPS) is 14.3. The van der Waals surface area contributed by atoms with Crippen molar-refractivity contribution in [3.05, 3.63) is 96.1 Å². The van der Waals surface area contributed by atoms with Gasteiger partial charge in [-0.3, -0.25) is 4.79 Å². The summed E-state index contributed by atoms with van der Waals surface area (Å²) >= 11 is 0. The van der Waals surface area contributed by atoms with Gasteiger partial charge in [0.15, 0.2) is 11.5 Å². The molecule has 8 heteroatoms. The molecule has 5 rings (SSSR count). The van der Waals surface area contributed by atoms with Gasteiger partial charge in [0.05, 0.1) is 0 Å². The lowest BCUT2D eigenvalue weighted by Crippen LogP contribution is -2.34. The summed E-state index contributed by atoms with van der Waals surface area (Å²) in [6.07, 6.45) is 10.7. The average Bonchev–Trinajstić information content (AvgIpc) is 3.40. The Morgan fingerprint density at radius 1 is 0.895 bits per heavy atom. The number of amides is 1. The number of hydrogen-bond acceptors (Lipinski definition) is 7.